The van der Waals surface area contributed by atoms with E-state index in [-0.39, 0.29) is 0 Å². The van der Waals surface area contributed by atoms with Crippen molar-refractivity contribution in [3.05, 3.63) is 65.0 Å². The first-order valence-corrected chi connectivity index (χ1v) is 7.11. The van der Waals surface area contributed by atoms with Crippen LogP contribution in [0.25, 0.3) is 11.0 Å². The van der Waals surface area contributed by atoms with E-state index in [1.807, 2.05) is 0 Å². The number of imidazole rings is 1. The van der Waals surface area contributed by atoms with Crippen LogP contribution in [-0.4, -0.2) is 9.55 Å². The molecular formula is C18H20N2. The summed E-state index contributed by atoms with van der Waals surface area (Å²) in [7, 11) is 2.11. The van der Waals surface area contributed by atoms with E-state index in [4.69, 9.17) is 4.98 Å². The molecule has 0 saturated heterocycles. The largest absolute Gasteiger partial charge is 0.331 e. The fraction of sp³-hybridized carbons (Fsp3) is 0.278. The predicted octanol–water partition coefficient (Wildman–Crippen LogP) is 3.98. The molecule has 0 atom stereocenters. The molecule has 102 valence electrons. The molecule has 0 unspecified atom stereocenters. The van der Waals surface area contributed by atoms with E-state index in [1.165, 1.54) is 22.2 Å². The van der Waals surface area contributed by atoms with Gasteiger partial charge in [-0.05, 0) is 43.5 Å². The zero-order valence-corrected chi connectivity index (χ0v) is 12.4. The fourth-order valence-electron chi connectivity index (χ4n) is 2.71. The van der Waals surface area contributed by atoms with Crippen LogP contribution < -0.4 is 0 Å². The maximum atomic E-state index is 4.77. The summed E-state index contributed by atoms with van der Waals surface area (Å²) in [4.78, 5) is 4.77. The van der Waals surface area contributed by atoms with Crippen LogP contribution in [0.2, 0.25) is 0 Å². The number of hydrogen-bond acceptors (Lipinski definition) is 1. The molecule has 20 heavy (non-hydrogen) atoms. The summed E-state index contributed by atoms with van der Waals surface area (Å²) in [5.41, 5.74) is 6.29. The molecule has 0 saturated carbocycles. The standard InChI is InChI=1S/C18H20N2/c1-13-5-4-6-15(11-13)8-10-18-19-16-12-14(2)7-9-17(16)20(18)3/h4-7,9,11-12H,8,10H2,1-3H3. The molecule has 3 rings (SSSR count). The Labute approximate surface area is 120 Å². The molecule has 0 fully saturated rings. The van der Waals surface area contributed by atoms with Crippen molar-refractivity contribution in [1.82, 2.24) is 9.55 Å². The Hall–Kier alpha value is -2.09. The van der Waals surface area contributed by atoms with E-state index >= 15 is 0 Å². The molecule has 2 heteroatoms. The average Bonchev–Trinajstić information content (AvgIpc) is 2.72. The van der Waals surface area contributed by atoms with Crippen molar-refractivity contribution in [2.75, 3.05) is 0 Å². The van der Waals surface area contributed by atoms with Gasteiger partial charge in [-0.15, -0.1) is 0 Å². The maximum Gasteiger partial charge on any atom is 0.109 e. The highest BCUT2D eigenvalue weighted by molar-refractivity contribution is 5.76. The molecule has 0 aliphatic heterocycles. The van der Waals surface area contributed by atoms with Gasteiger partial charge in [0, 0.05) is 13.5 Å². The second-order valence-corrected chi connectivity index (χ2v) is 5.57. The van der Waals surface area contributed by atoms with Gasteiger partial charge in [-0.3, -0.25) is 0 Å². The zero-order chi connectivity index (χ0) is 14.1. The van der Waals surface area contributed by atoms with Crippen LogP contribution in [0.15, 0.2) is 42.5 Å². The van der Waals surface area contributed by atoms with Gasteiger partial charge in [0.2, 0.25) is 0 Å². The number of rotatable bonds is 3. The van der Waals surface area contributed by atoms with Gasteiger partial charge in [-0.2, -0.15) is 0 Å². The molecule has 2 aromatic carbocycles. The van der Waals surface area contributed by atoms with Gasteiger partial charge >= 0.3 is 0 Å². The summed E-state index contributed by atoms with van der Waals surface area (Å²) in [5, 5.41) is 0. The van der Waals surface area contributed by atoms with E-state index in [1.54, 1.807) is 0 Å². The first-order chi connectivity index (χ1) is 9.63. The minimum atomic E-state index is 0.980. The van der Waals surface area contributed by atoms with E-state index < -0.39 is 0 Å². The third-order valence-corrected chi connectivity index (χ3v) is 3.85. The molecule has 1 heterocycles. The summed E-state index contributed by atoms with van der Waals surface area (Å²) >= 11 is 0. The lowest BCUT2D eigenvalue weighted by molar-refractivity contribution is 0.786. The summed E-state index contributed by atoms with van der Waals surface area (Å²) in [6, 6.07) is 15.2. The first-order valence-electron chi connectivity index (χ1n) is 7.11. The fourth-order valence-corrected chi connectivity index (χ4v) is 2.71. The Morgan fingerprint density at radius 3 is 2.55 bits per heavy atom. The van der Waals surface area contributed by atoms with E-state index in [0.717, 1.165) is 24.2 Å². The normalized spacial score (nSPS) is 11.2. The van der Waals surface area contributed by atoms with Crippen molar-refractivity contribution in [2.45, 2.75) is 26.7 Å². The minimum Gasteiger partial charge on any atom is -0.331 e. The second kappa shape index (κ2) is 5.12. The maximum absolute atomic E-state index is 4.77. The predicted molar refractivity (Wildman–Crippen MR) is 84.0 cm³/mol. The summed E-state index contributed by atoms with van der Waals surface area (Å²) in [6.07, 6.45) is 2.02. The quantitative estimate of drug-likeness (QED) is 0.699. The zero-order valence-electron chi connectivity index (χ0n) is 12.4. The highest BCUT2D eigenvalue weighted by Gasteiger charge is 2.07. The summed E-state index contributed by atoms with van der Waals surface area (Å²) in [6.45, 7) is 4.25. The van der Waals surface area contributed by atoms with Crippen molar-refractivity contribution in [1.29, 1.82) is 0 Å². The molecule has 0 N–H and O–H groups in total. The summed E-state index contributed by atoms with van der Waals surface area (Å²) < 4.78 is 2.21. The van der Waals surface area contributed by atoms with Crippen LogP contribution in [0, 0.1) is 13.8 Å². The van der Waals surface area contributed by atoms with Crippen LogP contribution in [0.4, 0.5) is 0 Å². The Morgan fingerprint density at radius 2 is 1.75 bits per heavy atom. The Morgan fingerprint density at radius 1 is 0.950 bits per heavy atom. The van der Waals surface area contributed by atoms with E-state index in [0.29, 0.717) is 0 Å². The Balaban J connectivity index is 1.86. The lowest BCUT2D eigenvalue weighted by Crippen LogP contribution is -2.00. The lowest BCUT2D eigenvalue weighted by atomic mass is 10.1. The lowest BCUT2D eigenvalue weighted by Gasteiger charge is -2.04. The molecule has 0 aliphatic carbocycles. The number of aryl methyl sites for hydroxylation is 5. The first kappa shape index (κ1) is 12.9. The summed E-state index contributed by atoms with van der Waals surface area (Å²) in [5.74, 6) is 1.16. The molecule has 0 aliphatic rings. The molecule has 0 bridgehead atoms. The van der Waals surface area contributed by atoms with Gasteiger partial charge in [0.15, 0.2) is 0 Å². The van der Waals surface area contributed by atoms with Crippen LogP contribution in [0.3, 0.4) is 0 Å². The monoisotopic (exact) mass is 264 g/mol. The van der Waals surface area contributed by atoms with Gasteiger partial charge in [-0.25, -0.2) is 4.98 Å². The molecule has 0 radical (unpaired) electrons. The molecule has 0 amide bonds. The molecule has 0 spiro atoms. The number of hydrogen-bond donors (Lipinski definition) is 0. The van der Waals surface area contributed by atoms with Crippen molar-refractivity contribution in [2.24, 2.45) is 7.05 Å². The van der Waals surface area contributed by atoms with Gasteiger partial charge in [-0.1, -0.05) is 35.9 Å². The van der Waals surface area contributed by atoms with Crippen LogP contribution in [0.1, 0.15) is 22.5 Å². The second-order valence-electron chi connectivity index (χ2n) is 5.57. The van der Waals surface area contributed by atoms with Crippen molar-refractivity contribution in [3.8, 4) is 0 Å². The molecule has 1 aromatic heterocycles. The van der Waals surface area contributed by atoms with Gasteiger partial charge < -0.3 is 4.57 Å². The van der Waals surface area contributed by atoms with Crippen molar-refractivity contribution < 1.29 is 0 Å². The van der Waals surface area contributed by atoms with Gasteiger partial charge in [0.05, 0.1) is 11.0 Å². The third kappa shape index (κ3) is 2.46. The topological polar surface area (TPSA) is 17.8 Å². The highest BCUT2D eigenvalue weighted by Crippen LogP contribution is 2.18. The average molecular weight is 264 g/mol. The molecule has 2 nitrogen and oxygen atoms in total. The number of nitrogens with zero attached hydrogens (tertiary/aromatic N) is 2. The van der Waals surface area contributed by atoms with Crippen LogP contribution in [0.5, 0.6) is 0 Å². The van der Waals surface area contributed by atoms with Crippen molar-refractivity contribution in [3.63, 3.8) is 0 Å². The van der Waals surface area contributed by atoms with E-state index in [2.05, 4.69) is 67.9 Å². The third-order valence-electron chi connectivity index (χ3n) is 3.85. The number of benzene rings is 2. The minimum absolute atomic E-state index is 0.980. The number of aromatic nitrogens is 2. The Kier molecular flexibility index (Phi) is 3.31. The Bertz CT molecular complexity index is 753. The smallest absolute Gasteiger partial charge is 0.109 e. The van der Waals surface area contributed by atoms with Gasteiger partial charge in [0.25, 0.3) is 0 Å². The molecule has 3 aromatic rings. The van der Waals surface area contributed by atoms with Crippen LogP contribution >= 0.6 is 0 Å². The molecular weight excluding hydrogens is 244 g/mol. The highest BCUT2D eigenvalue weighted by atomic mass is 15.1. The number of fused-ring (bicyclic) bond motifs is 1. The van der Waals surface area contributed by atoms with E-state index in [9.17, 15) is 0 Å². The van der Waals surface area contributed by atoms with Crippen molar-refractivity contribution >= 4 is 11.0 Å². The van der Waals surface area contributed by atoms with Crippen LogP contribution in [-0.2, 0) is 19.9 Å². The van der Waals surface area contributed by atoms with Gasteiger partial charge in [0.1, 0.15) is 5.82 Å². The SMILES string of the molecule is Cc1cccc(CCc2nc3cc(C)ccc3n2C)c1.